The number of hydrogen-bond donors (Lipinski definition) is 2. The predicted molar refractivity (Wildman–Crippen MR) is 58.6 cm³/mol. The zero-order valence-corrected chi connectivity index (χ0v) is 8.43. The normalized spacial score (nSPS) is 19.8. The average Bonchev–Trinajstić information content (AvgIpc) is 2.60. The molecule has 1 atom stereocenters. The number of carbonyl (C=O) groups is 1. The number of carbonyl (C=O) groups excluding carboxylic acids is 1. The average molecular weight is 218 g/mol. The van der Waals surface area contributed by atoms with E-state index in [1.807, 2.05) is 0 Å². The first kappa shape index (κ1) is 10.2. The van der Waals surface area contributed by atoms with Crippen molar-refractivity contribution in [3.63, 3.8) is 0 Å². The van der Waals surface area contributed by atoms with Crippen molar-refractivity contribution in [2.45, 2.75) is 6.42 Å². The van der Waals surface area contributed by atoms with Gasteiger partial charge in [0.15, 0.2) is 11.5 Å². The molecule has 2 rings (SSSR count). The van der Waals surface area contributed by atoms with Crippen molar-refractivity contribution >= 4 is 17.4 Å². The number of terminal acetylenes is 1. The molecule has 16 heavy (non-hydrogen) atoms. The Kier molecular flexibility index (Phi) is 2.37. The van der Waals surface area contributed by atoms with Gasteiger partial charge in [0, 0.05) is 18.9 Å². The van der Waals surface area contributed by atoms with E-state index in [-0.39, 0.29) is 29.8 Å². The van der Waals surface area contributed by atoms with Gasteiger partial charge in [-0.2, -0.15) is 0 Å². The van der Waals surface area contributed by atoms with Crippen LogP contribution in [0.25, 0.3) is 0 Å². The first-order valence-electron chi connectivity index (χ1n) is 4.73. The van der Waals surface area contributed by atoms with Gasteiger partial charge in [0.25, 0.3) is 5.56 Å². The van der Waals surface area contributed by atoms with Crippen molar-refractivity contribution in [1.82, 2.24) is 9.97 Å². The van der Waals surface area contributed by atoms with E-state index in [4.69, 9.17) is 12.2 Å². The third-order valence-electron chi connectivity index (χ3n) is 2.49. The van der Waals surface area contributed by atoms with E-state index in [1.54, 1.807) is 0 Å². The summed E-state index contributed by atoms with van der Waals surface area (Å²) in [6.07, 6.45) is 6.69. The summed E-state index contributed by atoms with van der Waals surface area (Å²) in [6, 6.07) is 0. The molecule has 1 aromatic heterocycles. The molecule has 1 aliphatic rings. The van der Waals surface area contributed by atoms with Gasteiger partial charge in [0.05, 0.1) is 6.33 Å². The van der Waals surface area contributed by atoms with Gasteiger partial charge < -0.3 is 15.6 Å². The first-order valence-corrected chi connectivity index (χ1v) is 4.73. The maximum Gasteiger partial charge on any atom is 0.276 e. The Morgan fingerprint density at radius 3 is 2.94 bits per heavy atom. The van der Waals surface area contributed by atoms with Gasteiger partial charge in [-0.05, 0) is 0 Å². The molecule has 2 heterocycles. The van der Waals surface area contributed by atoms with Crippen LogP contribution in [0.2, 0.25) is 0 Å². The summed E-state index contributed by atoms with van der Waals surface area (Å²) in [5.74, 6) is 2.16. The van der Waals surface area contributed by atoms with Gasteiger partial charge in [-0.15, -0.1) is 12.3 Å². The second-order valence-corrected chi connectivity index (χ2v) is 3.54. The number of nitrogens with two attached hydrogens (primary N) is 1. The fourth-order valence-electron chi connectivity index (χ4n) is 1.70. The van der Waals surface area contributed by atoms with Crippen LogP contribution in [-0.2, 0) is 4.79 Å². The number of H-pyrrole nitrogens is 1. The molecule has 0 saturated carbocycles. The van der Waals surface area contributed by atoms with Crippen LogP contribution in [0.4, 0.5) is 11.5 Å². The molecule has 0 spiro atoms. The van der Waals surface area contributed by atoms with E-state index in [0.717, 1.165) is 0 Å². The molecule has 1 amide bonds. The maximum absolute atomic E-state index is 11.6. The van der Waals surface area contributed by atoms with Crippen LogP contribution in [0.3, 0.4) is 0 Å². The van der Waals surface area contributed by atoms with Gasteiger partial charge in [-0.1, -0.05) is 0 Å². The molecule has 6 heteroatoms. The van der Waals surface area contributed by atoms with Crippen molar-refractivity contribution < 1.29 is 4.79 Å². The number of nitrogens with zero attached hydrogens (tertiary/aromatic N) is 2. The van der Waals surface area contributed by atoms with Gasteiger partial charge >= 0.3 is 0 Å². The molecule has 0 aliphatic carbocycles. The molecule has 1 aromatic rings. The number of anilines is 2. The van der Waals surface area contributed by atoms with Crippen LogP contribution in [0, 0.1) is 18.3 Å². The highest BCUT2D eigenvalue weighted by atomic mass is 16.2. The topological polar surface area (TPSA) is 92.1 Å². The molecular weight excluding hydrogens is 208 g/mol. The quantitative estimate of drug-likeness (QED) is 0.612. The van der Waals surface area contributed by atoms with Crippen molar-refractivity contribution in [3.8, 4) is 12.3 Å². The largest absolute Gasteiger partial charge is 0.382 e. The Bertz CT molecular complexity index is 528. The lowest BCUT2D eigenvalue weighted by Crippen LogP contribution is -2.31. The van der Waals surface area contributed by atoms with Crippen molar-refractivity contribution in [1.29, 1.82) is 0 Å². The lowest BCUT2D eigenvalue weighted by molar-refractivity contribution is -0.117. The molecule has 0 bridgehead atoms. The van der Waals surface area contributed by atoms with Gasteiger partial charge in [0.2, 0.25) is 5.91 Å². The smallest absolute Gasteiger partial charge is 0.276 e. The molecule has 82 valence electrons. The second kappa shape index (κ2) is 3.70. The lowest BCUT2D eigenvalue weighted by atomic mass is 10.1. The highest BCUT2D eigenvalue weighted by Gasteiger charge is 2.32. The van der Waals surface area contributed by atoms with Crippen molar-refractivity contribution in [3.05, 3.63) is 16.7 Å². The van der Waals surface area contributed by atoms with Crippen LogP contribution < -0.4 is 16.2 Å². The third-order valence-corrected chi connectivity index (χ3v) is 2.49. The lowest BCUT2D eigenvalue weighted by Gasteiger charge is -2.15. The third kappa shape index (κ3) is 1.52. The summed E-state index contributed by atoms with van der Waals surface area (Å²) >= 11 is 0. The minimum Gasteiger partial charge on any atom is -0.382 e. The van der Waals surface area contributed by atoms with Gasteiger partial charge in [-0.25, -0.2) is 4.98 Å². The molecule has 1 saturated heterocycles. The highest BCUT2D eigenvalue weighted by Crippen LogP contribution is 2.24. The standard InChI is InChI=1S/C10H10N4O2/c1-2-6-3-7(15)14(4-6)8-9(11)12-5-13-10(8)16/h1,5-6H,3-4H2,(H3,11,12,13,16). The number of nitrogens with one attached hydrogen (secondary N) is 1. The summed E-state index contributed by atoms with van der Waals surface area (Å²) in [7, 11) is 0. The van der Waals surface area contributed by atoms with E-state index in [1.165, 1.54) is 11.2 Å². The Morgan fingerprint density at radius 1 is 1.62 bits per heavy atom. The van der Waals surface area contributed by atoms with Gasteiger partial charge in [0.1, 0.15) is 0 Å². The molecule has 0 aromatic carbocycles. The van der Waals surface area contributed by atoms with E-state index in [0.29, 0.717) is 6.54 Å². The van der Waals surface area contributed by atoms with Crippen LogP contribution in [-0.4, -0.2) is 22.4 Å². The number of hydrogen-bond acceptors (Lipinski definition) is 4. The molecule has 0 radical (unpaired) electrons. The Hall–Kier alpha value is -2.29. The molecule has 1 unspecified atom stereocenters. The van der Waals surface area contributed by atoms with E-state index < -0.39 is 5.56 Å². The van der Waals surface area contributed by atoms with Crippen molar-refractivity contribution in [2.75, 3.05) is 17.2 Å². The number of rotatable bonds is 1. The Morgan fingerprint density at radius 2 is 2.38 bits per heavy atom. The number of nitrogen functional groups attached to an aromatic ring is 1. The fourth-order valence-corrected chi connectivity index (χ4v) is 1.70. The molecule has 3 N–H and O–H groups in total. The van der Waals surface area contributed by atoms with E-state index in [9.17, 15) is 9.59 Å². The Labute approximate surface area is 91.5 Å². The minimum absolute atomic E-state index is 0.0368. The first-order chi connectivity index (χ1) is 7.63. The summed E-state index contributed by atoms with van der Waals surface area (Å²) in [4.78, 5) is 30.6. The zero-order chi connectivity index (χ0) is 11.7. The molecular formula is C10H10N4O2. The molecule has 1 aliphatic heterocycles. The summed E-state index contributed by atoms with van der Waals surface area (Å²) in [5, 5.41) is 0. The molecule has 6 nitrogen and oxygen atoms in total. The summed E-state index contributed by atoms with van der Waals surface area (Å²) < 4.78 is 0. The second-order valence-electron chi connectivity index (χ2n) is 3.54. The summed E-state index contributed by atoms with van der Waals surface area (Å²) in [6.45, 7) is 0.314. The fraction of sp³-hybridized carbons (Fsp3) is 0.300. The van der Waals surface area contributed by atoms with Crippen molar-refractivity contribution in [2.24, 2.45) is 5.92 Å². The van der Waals surface area contributed by atoms with E-state index >= 15 is 0 Å². The highest BCUT2D eigenvalue weighted by molar-refractivity contribution is 5.98. The summed E-state index contributed by atoms with van der Waals surface area (Å²) in [5.41, 5.74) is 5.23. The van der Waals surface area contributed by atoms with Gasteiger partial charge in [-0.3, -0.25) is 9.59 Å². The number of aromatic nitrogens is 2. The van der Waals surface area contributed by atoms with Crippen LogP contribution >= 0.6 is 0 Å². The van der Waals surface area contributed by atoms with Crippen LogP contribution in [0.1, 0.15) is 6.42 Å². The van der Waals surface area contributed by atoms with E-state index in [2.05, 4.69) is 15.9 Å². The Balaban J connectivity index is 2.43. The van der Waals surface area contributed by atoms with Crippen LogP contribution in [0.5, 0.6) is 0 Å². The SMILES string of the molecule is C#CC1CC(=O)N(c2c(N)nc[nH]c2=O)C1. The number of amides is 1. The molecule has 1 fully saturated rings. The number of aromatic amines is 1. The minimum atomic E-state index is -0.432. The predicted octanol–water partition coefficient (Wildman–Crippen LogP) is -0.662. The zero-order valence-electron chi connectivity index (χ0n) is 8.43. The monoisotopic (exact) mass is 218 g/mol. The maximum atomic E-state index is 11.6. The van der Waals surface area contributed by atoms with Crippen LogP contribution in [0.15, 0.2) is 11.1 Å².